The van der Waals surface area contributed by atoms with Gasteiger partial charge in [-0.25, -0.2) is 0 Å². The maximum absolute atomic E-state index is 5.70. The van der Waals surface area contributed by atoms with E-state index in [0.29, 0.717) is 6.10 Å². The zero-order valence-corrected chi connectivity index (χ0v) is 8.93. The fourth-order valence-corrected chi connectivity index (χ4v) is 1.34. The lowest BCUT2D eigenvalue weighted by Crippen LogP contribution is -2.26. The summed E-state index contributed by atoms with van der Waals surface area (Å²) in [6, 6.07) is 0. The minimum absolute atomic E-state index is 0.0496. The molecule has 1 atom stereocenters. The zero-order valence-electron chi connectivity index (χ0n) is 8.93. The molecule has 1 N–H and O–H groups in total. The first-order valence-electron chi connectivity index (χ1n) is 5.01. The summed E-state index contributed by atoms with van der Waals surface area (Å²) in [4.78, 5) is 0. The van der Waals surface area contributed by atoms with E-state index in [1.54, 1.807) is 7.11 Å². The second-order valence-electron chi connectivity index (χ2n) is 4.20. The van der Waals surface area contributed by atoms with Gasteiger partial charge < -0.3 is 14.8 Å². The minimum Gasteiger partial charge on any atom is -0.379 e. The lowest BCUT2D eigenvalue weighted by atomic mass is 10.1. The van der Waals surface area contributed by atoms with Gasteiger partial charge >= 0.3 is 0 Å². The van der Waals surface area contributed by atoms with E-state index in [1.165, 1.54) is 0 Å². The quantitative estimate of drug-likeness (QED) is 0.701. The standard InChI is InChI=1S/C10H21NO2/c1-10(2,12-3)5-7-13-9-4-6-11-8-9/h9,11H,4-8H2,1-3H3/t9-/m0/s1. The maximum Gasteiger partial charge on any atom is 0.0711 e. The Bertz CT molecular complexity index is 142. The van der Waals surface area contributed by atoms with Gasteiger partial charge in [-0.1, -0.05) is 0 Å². The van der Waals surface area contributed by atoms with Crippen molar-refractivity contribution in [3.8, 4) is 0 Å². The highest BCUT2D eigenvalue weighted by atomic mass is 16.5. The van der Waals surface area contributed by atoms with Gasteiger partial charge in [-0.2, -0.15) is 0 Å². The van der Waals surface area contributed by atoms with Crippen molar-refractivity contribution in [2.24, 2.45) is 0 Å². The number of nitrogens with one attached hydrogen (secondary N) is 1. The fraction of sp³-hybridized carbons (Fsp3) is 1.00. The zero-order chi connectivity index (χ0) is 9.73. The Hall–Kier alpha value is -0.120. The third-order valence-electron chi connectivity index (χ3n) is 2.63. The largest absolute Gasteiger partial charge is 0.379 e. The molecular weight excluding hydrogens is 166 g/mol. The molecule has 0 aromatic carbocycles. The molecule has 0 spiro atoms. The molecule has 0 aromatic rings. The van der Waals surface area contributed by atoms with E-state index in [1.807, 2.05) is 0 Å². The Labute approximate surface area is 80.8 Å². The van der Waals surface area contributed by atoms with Crippen LogP contribution in [-0.2, 0) is 9.47 Å². The molecule has 0 bridgehead atoms. The van der Waals surface area contributed by atoms with Crippen molar-refractivity contribution in [1.82, 2.24) is 5.32 Å². The van der Waals surface area contributed by atoms with Crippen LogP contribution in [0.5, 0.6) is 0 Å². The van der Waals surface area contributed by atoms with Gasteiger partial charge in [0.15, 0.2) is 0 Å². The molecule has 0 amide bonds. The van der Waals surface area contributed by atoms with Crippen molar-refractivity contribution in [3.05, 3.63) is 0 Å². The molecule has 78 valence electrons. The van der Waals surface area contributed by atoms with E-state index < -0.39 is 0 Å². The lowest BCUT2D eigenvalue weighted by molar-refractivity contribution is -0.0229. The Kier molecular flexibility index (Phi) is 4.16. The van der Waals surface area contributed by atoms with Crippen LogP contribution in [-0.4, -0.2) is 38.5 Å². The van der Waals surface area contributed by atoms with Crippen LogP contribution in [0.3, 0.4) is 0 Å². The van der Waals surface area contributed by atoms with Crippen LogP contribution in [0, 0.1) is 0 Å². The van der Waals surface area contributed by atoms with E-state index in [4.69, 9.17) is 9.47 Å². The van der Waals surface area contributed by atoms with Crippen molar-refractivity contribution in [2.45, 2.75) is 38.4 Å². The molecule has 1 aliphatic heterocycles. The van der Waals surface area contributed by atoms with Crippen molar-refractivity contribution in [1.29, 1.82) is 0 Å². The van der Waals surface area contributed by atoms with E-state index in [0.717, 1.165) is 32.5 Å². The summed E-state index contributed by atoms with van der Waals surface area (Å²) in [6.07, 6.45) is 2.53. The van der Waals surface area contributed by atoms with E-state index in [9.17, 15) is 0 Å². The molecule has 1 saturated heterocycles. The molecule has 0 unspecified atom stereocenters. The minimum atomic E-state index is -0.0496. The Balaban J connectivity index is 2.06. The van der Waals surface area contributed by atoms with Crippen molar-refractivity contribution in [2.75, 3.05) is 26.8 Å². The van der Waals surface area contributed by atoms with E-state index in [2.05, 4.69) is 19.2 Å². The number of hydrogen-bond donors (Lipinski definition) is 1. The Morgan fingerprint density at radius 3 is 2.77 bits per heavy atom. The smallest absolute Gasteiger partial charge is 0.0711 e. The highest BCUT2D eigenvalue weighted by Crippen LogP contribution is 2.14. The summed E-state index contributed by atoms with van der Waals surface area (Å²) in [5.41, 5.74) is -0.0496. The number of ether oxygens (including phenoxy) is 2. The first-order chi connectivity index (χ1) is 6.14. The fourth-order valence-electron chi connectivity index (χ4n) is 1.34. The van der Waals surface area contributed by atoms with E-state index in [-0.39, 0.29) is 5.60 Å². The summed E-state index contributed by atoms with van der Waals surface area (Å²) in [5, 5.41) is 3.28. The lowest BCUT2D eigenvalue weighted by Gasteiger charge is -2.23. The van der Waals surface area contributed by atoms with Crippen molar-refractivity contribution in [3.63, 3.8) is 0 Å². The van der Waals surface area contributed by atoms with Crippen LogP contribution in [0.15, 0.2) is 0 Å². The van der Waals surface area contributed by atoms with Crippen LogP contribution in [0.1, 0.15) is 26.7 Å². The molecule has 0 radical (unpaired) electrons. The molecule has 0 aliphatic carbocycles. The second kappa shape index (κ2) is 4.94. The molecule has 3 heteroatoms. The number of hydrogen-bond acceptors (Lipinski definition) is 3. The van der Waals surface area contributed by atoms with Crippen LogP contribution < -0.4 is 5.32 Å². The summed E-state index contributed by atoms with van der Waals surface area (Å²) >= 11 is 0. The average molecular weight is 187 g/mol. The third-order valence-corrected chi connectivity index (χ3v) is 2.63. The number of rotatable bonds is 5. The van der Waals surface area contributed by atoms with Crippen LogP contribution in [0.2, 0.25) is 0 Å². The van der Waals surface area contributed by atoms with Crippen LogP contribution in [0.4, 0.5) is 0 Å². The molecule has 1 aliphatic rings. The topological polar surface area (TPSA) is 30.5 Å². The highest BCUT2D eigenvalue weighted by Gasteiger charge is 2.19. The molecule has 1 heterocycles. The SMILES string of the molecule is COC(C)(C)CCO[C@H]1CCNC1. The normalized spacial score (nSPS) is 23.8. The Morgan fingerprint density at radius 1 is 1.46 bits per heavy atom. The van der Waals surface area contributed by atoms with Gasteiger partial charge in [0.25, 0.3) is 0 Å². The molecule has 0 saturated carbocycles. The van der Waals surface area contributed by atoms with E-state index >= 15 is 0 Å². The maximum atomic E-state index is 5.70. The average Bonchev–Trinajstić information content (AvgIpc) is 2.57. The van der Waals surface area contributed by atoms with Crippen molar-refractivity contribution >= 4 is 0 Å². The monoisotopic (exact) mass is 187 g/mol. The van der Waals surface area contributed by atoms with Gasteiger partial charge in [0.05, 0.1) is 11.7 Å². The molecule has 13 heavy (non-hydrogen) atoms. The molecule has 0 aromatic heterocycles. The van der Waals surface area contributed by atoms with Crippen molar-refractivity contribution < 1.29 is 9.47 Å². The van der Waals surface area contributed by atoms with Gasteiger partial charge in [-0.05, 0) is 33.2 Å². The highest BCUT2D eigenvalue weighted by molar-refractivity contribution is 4.72. The summed E-state index contributed by atoms with van der Waals surface area (Å²) in [5.74, 6) is 0. The molecular formula is C10H21NO2. The summed E-state index contributed by atoms with van der Waals surface area (Å²) < 4.78 is 11.0. The first-order valence-corrected chi connectivity index (χ1v) is 5.01. The van der Waals surface area contributed by atoms with Gasteiger partial charge in [0.1, 0.15) is 0 Å². The van der Waals surface area contributed by atoms with Crippen LogP contribution in [0.25, 0.3) is 0 Å². The predicted octanol–water partition coefficient (Wildman–Crippen LogP) is 1.18. The third kappa shape index (κ3) is 4.07. The first kappa shape index (κ1) is 11.0. The molecule has 3 nitrogen and oxygen atoms in total. The molecule has 1 fully saturated rings. The van der Waals surface area contributed by atoms with Gasteiger partial charge in [-0.15, -0.1) is 0 Å². The Morgan fingerprint density at radius 2 is 2.23 bits per heavy atom. The predicted molar refractivity (Wildman–Crippen MR) is 52.9 cm³/mol. The number of methoxy groups -OCH3 is 1. The van der Waals surface area contributed by atoms with Gasteiger partial charge in [0.2, 0.25) is 0 Å². The second-order valence-corrected chi connectivity index (χ2v) is 4.20. The van der Waals surface area contributed by atoms with Gasteiger partial charge in [-0.3, -0.25) is 0 Å². The van der Waals surface area contributed by atoms with Crippen LogP contribution >= 0.6 is 0 Å². The summed E-state index contributed by atoms with van der Waals surface area (Å²) in [7, 11) is 1.75. The summed E-state index contributed by atoms with van der Waals surface area (Å²) in [6.45, 7) is 7.07. The molecule has 1 rings (SSSR count). The van der Waals surface area contributed by atoms with Gasteiger partial charge in [0, 0.05) is 20.3 Å².